The molecule has 6 heteroatoms. The van der Waals surface area contributed by atoms with E-state index in [-0.39, 0.29) is 0 Å². The van der Waals surface area contributed by atoms with Gasteiger partial charge in [0.2, 0.25) is 0 Å². The minimum absolute atomic E-state index is 0.639. The van der Waals surface area contributed by atoms with Gasteiger partial charge in [-0.05, 0) is 26.9 Å². The van der Waals surface area contributed by atoms with Crippen LogP contribution in [0.5, 0.6) is 0 Å². The van der Waals surface area contributed by atoms with Crippen LogP contribution in [0.1, 0.15) is 29.5 Å². The molecule has 2 aromatic rings. The summed E-state index contributed by atoms with van der Waals surface area (Å²) in [4.78, 5) is 12.7. The van der Waals surface area contributed by atoms with Crippen molar-refractivity contribution in [3.05, 3.63) is 16.1 Å². The monoisotopic (exact) mass is 294 g/mol. The van der Waals surface area contributed by atoms with Crippen LogP contribution in [0.3, 0.4) is 0 Å². The standard InChI is InChI=1S/C13H18N4S2/c1-17(2)6-5-10-16-11(8-3-4-8)12(19-10)9-7-18-13(14)15-9/h7-8H,3-6H2,1-2H3,(H2,14,15). The molecule has 3 rings (SSSR count). The molecule has 1 aliphatic carbocycles. The van der Waals surface area contributed by atoms with Crippen molar-refractivity contribution in [1.29, 1.82) is 0 Å². The van der Waals surface area contributed by atoms with Crippen molar-refractivity contribution in [1.82, 2.24) is 14.9 Å². The van der Waals surface area contributed by atoms with Gasteiger partial charge in [-0.3, -0.25) is 0 Å². The quantitative estimate of drug-likeness (QED) is 0.921. The summed E-state index contributed by atoms with van der Waals surface area (Å²) in [6.07, 6.45) is 3.55. The number of anilines is 1. The lowest BCUT2D eigenvalue weighted by Crippen LogP contribution is -2.14. The van der Waals surface area contributed by atoms with Crippen LogP contribution in [0.4, 0.5) is 5.13 Å². The lowest BCUT2D eigenvalue weighted by atomic mass is 10.2. The first-order chi connectivity index (χ1) is 9.13. The van der Waals surface area contributed by atoms with E-state index in [1.807, 2.05) is 5.38 Å². The average Bonchev–Trinajstić information content (AvgIpc) is 2.98. The molecule has 0 aliphatic heterocycles. The molecule has 0 spiro atoms. The molecule has 0 aromatic carbocycles. The largest absolute Gasteiger partial charge is 0.375 e. The minimum Gasteiger partial charge on any atom is -0.375 e. The molecule has 1 aliphatic rings. The van der Waals surface area contributed by atoms with Gasteiger partial charge in [-0.25, -0.2) is 9.97 Å². The zero-order chi connectivity index (χ0) is 13.4. The molecular weight excluding hydrogens is 276 g/mol. The fraction of sp³-hybridized carbons (Fsp3) is 0.538. The molecule has 102 valence electrons. The summed E-state index contributed by atoms with van der Waals surface area (Å²) in [5, 5.41) is 3.90. The van der Waals surface area contributed by atoms with Crippen molar-refractivity contribution in [3.8, 4) is 10.6 Å². The summed E-state index contributed by atoms with van der Waals surface area (Å²) in [6, 6.07) is 0. The second-order valence-corrected chi connectivity index (χ2v) is 7.19. The second kappa shape index (κ2) is 5.19. The van der Waals surface area contributed by atoms with Crippen molar-refractivity contribution in [2.45, 2.75) is 25.2 Å². The Hall–Kier alpha value is -0.980. The Labute approximate surface area is 121 Å². The van der Waals surface area contributed by atoms with Crippen LogP contribution in [0.15, 0.2) is 5.38 Å². The molecule has 1 fully saturated rings. The van der Waals surface area contributed by atoms with E-state index in [1.54, 1.807) is 11.3 Å². The Balaban J connectivity index is 1.89. The summed E-state index contributed by atoms with van der Waals surface area (Å²) in [5.41, 5.74) is 8.01. The molecule has 0 saturated heterocycles. The van der Waals surface area contributed by atoms with Gasteiger partial charge in [0.15, 0.2) is 5.13 Å². The number of thiazole rings is 2. The first-order valence-electron chi connectivity index (χ1n) is 6.49. The predicted octanol–water partition coefficient (Wildman–Crippen LogP) is 2.83. The maximum Gasteiger partial charge on any atom is 0.180 e. The fourth-order valence-electron chi connectivity index (χ4n) is 2.01. The number of nitrogens with zero attached hydrogens (tertiary/aromatic N) is 3. The molecule has 0 bridgehead atoms. The van der Waals surface area contributed by atoms with Gasteiger partial charge in [-0.1, -0.05) is 0 Å². The molecule has 2 N–H and O–H groups in total. The minimum atomic E-state index is 0.639. The van der Waals surface area contributed by atoms with E-state index in [0.717, 1.165) is 18.7 Å². The van der Waals surface area contributed by atoms with Crippen molar-refractivity contribution >= 4 is 27.8 Å². The highest BCUT2D eigenvalue weighted by molar-refractivity contribution is 7.16. The molecule has 4 nitrogen and oxygen atoms in total. The van der Waals surface area contributed by atoms with Gasteiger partial charge in [0.1, 0.15) is 0 Å². The van der Waals surface area contributed by atoms with Crippen LogP contribution in [-0.4, -0.2) is 35.5 Å². The number of rotatable bonds is 5. The highest BCUT2D eigenvalue weighted by Crippen LogP contribution is 2.46. The number of hydrogen-bond acceptors (Lipinski definition) is 6. The lowest BCUT2D eigenvalue weighted by molar-refractivity contribution is 0.413. The Morgan fingerprint density at radius 1 is 1.37 bits per heavy atom. The van der Waals surface area contributed by atoms with Crippen LogP contribution >= 0.6 is 22.7 Å². The third kappa shape index (κ3) is 2.96. The smallest absolute Gasteiger partial charge is 0.180 e. The maximum absolute atomic E-state index is 5.75. The van der Waals surface area contributed by atoms with E-state index in [0.29, 0.717) is 11.0 Å². The molecular formula is C13H18N4S2. The zero-order valence-electron chi connectivity index (χ0n) is 11.2. The summed E-state index contributed by atoms with van der Waals surface area (Å²) in [7, 11) is 4.19. The molecule has 19 heavy (non-hydrogen) atoms. The maximum atomic E-state index is 5.75. The third-order valence-corrected chi connectivity index (χ3v) is 5.02. The van der Waals surface area contributed by atoms with Crippen molar-refractivity contribution in [2.75, 3.05) is 26.4 Å². The van der Waals surface area contributed by atoms with Crippen LogP contribution in [0.2, 0.25) is 0 Å². The predicted molar refractivity (Wildman–Crippen MR) is 81.9 cm³/mol. The Morgan fingerprint density at radius 2 is 2.16 bits per heavy atom. The molecule has 1 saturated carbocycles. The van der Waals surface area contributed by atoms with Gasteiger partial charge in [0.05, 0.1) is 21.3 Å². The third-order valence-electron chi connectivity index (χ3n) is 3.19. The van der Waals surface area contributed by atoms with E-state index in [2.05, 4.69) is 24.0 Å². The van der Waals surface area contributed by atoms with Gasteiger partial charge >= 0.3 is 0 Å². The summed E-state index contributed by atoms with van der Waals surface area (Å²) in [6.45, 7) is 1.04. The van der Waals surface area contributed by atoms with E-state index in [1.165, 1.54) is 39.8 Å². The number of likely N-dealkylation sites (N-methyl/N-ethyl adjacent to an activating group) is 1. The van der Waals surface area contributed by atoms with Gasteiger partial charge in [-0.2, -0.15) is 0 Å². The van der Waals surface area contributed by atoms with Crippen LogP contribution in [-0.2, 0) is 6.42 Å². The van der Waals surface area contributed by atoms with Crippen molar-refractivity contribution < 1.29 is 0 Å². The second-order valence-electron chi connectivity index (χ2n) is 5.22. The Morgan fingerprint density at radius 3 is 2.74 bits per heavy atom. The van der Waals surface area contributed by atoms with Crippen molar-refractivity contribution in [2.24, 2.45) is 0 Å². The molecule has 2 aromatic heterocycles. The van der Waals surface area contributed by atoms with E-state index < -0.39 is 0 Å². The Bertz CT molecular complexity index is 569. The highest BCUT2D eigenvalue weighted by Gasteiger charge is 2.30. The summed E-state index contributed by atoms with van der Waals surface area (Å²) >= 11 is 3.29. The van der Waals surface area contributed by atoms with Crippen molar-refractivity contribution in [3.63, 3.8) is 0 Å². The molecule has 0 radical (unpaired) electrons. The number of hydrogen-bond donors (Lipinski definition) is 1. The molecule has 0 unspecified atom stereocenters. The lowest BCUT2D eigenvalue weighted by Gasteiger charge is -2.06. The molecule has 2 heterocycles. The molecule has 0 amide bonds. The van der Waals surface area contributed by atoms with Crippen LogP contribution < -0.4 is 5.73 Å². The van der Waals surface area contributed by atoms with E-state index in [4.69, 9.17) is 10.7 Å². The SMILES string of the molecule is CN(C)CCc1nc(C2CC2)c(-c2csc(N)n2)s1. The van der Waals surface area contributed by atoms with Gasteiger partial charge < -0.3 is 10.6 Å². The van der Waals surface area contributed by atoms with E-state index >= 15 is 0 Å². The topological polar surface area (TPSA) is 55.0 Å². The Kier molecular flexibility index (Phi) is 3.56. The normalized spacial score (nSPS) is 15.3. The van der Waals surface area contributed by atoms with Crippen LogP contribution in [0.25, 0.3) is 10.6 Å². The van der Waals surface area contributed by atoms with Gasteiger partial charge in [-0.15, -0.1) is 22.7 Å². The summed E-state index contributed by atoms with van der Waals surface area (Å²) in [5.74, 6) is 0.655. The number of aromatic nitrogens is 2. The number of nitrogens with two attached hydrogens (primary N) is 1. The average molecular weight is 294 g/mol. The fourth-order valence-corrected chi connectivity index (χ4v) is 3.74. The molecule has 0 atom stereocenters. The zero-order valence-corrected chi connectivity index (χ0v) is 12.9. The summed E-state index contributed by atoms with van der Waals surface area (Å²) < 4.78 is 0. The first-order valence-corrected chi connectivity index (χ1v) is 8.19. The first kappa shape index (κ1) is 13.0. The number of nitrogen functional groups attached to an aromatic ring is 1. The highest BCUT2D eigenvalue weighted by atomic mass is 32.1. The van der Waals surface area contributed by atoms with Crippen LogP contribution in [0, 0.1) is 0 Å². The van der Waals surface area contributed by atoms with E-state index in [9.17, 15) is 0 Å². The van der Waals surface area contributed by atoms with Gasteiger partial charge in [0.25, 0.3) is 0 Å². The van der Waals surface area contributed by atoms with Gasteiger partial charge in [0, 0.05) is 24.3 Å².